The fourth-order valence-electron chi connectivity index (χ4n) is 1.53. The molecule has 1 aromatic rings. The second-order valence-corrected chi connectivity index (χ2v) is 5.73. The molecule has 0 aliphatic heterocycles. The van der Waals surface area contributed by atoms with Crippen molar-refractivity contribution in [2.45, 2.75) is 11.8 Å². The fourth-order valence-corrected chi connectivity index (χ4v) is 2.48. The highest BCUT2D eigenvalue weighted by Gasteiger charge is 2.28. The van der Waals surface area contributed by atoms with Gasteiger partial charge in [0, 0.05) is 6.26 Å². The van der Waals surface area contributed by atoms with Crippen molar-refractivity contribution >= 4 is 21.6 Å². The van der Waals surface area contributed by atoms with Crippen LogP contribution < -0.4 is 4.74 Å². The van der Waals surface area contributed by atoms with Crippen molar-refractivity contribution in [2.75, 3.05) is 20.0 Å². The molecule has 0 fully saturated rings. The maximum atomic E-state index is 14.2. The number of rotatable bonds is 5. The van der Waals surface area contributed by atoms with E-state index in [0.29, 0.717) is 0 Å². The maximum Gasteiger partial charge on any atom is 0.379 e. The minimum Gasteiger partial charge on any atom is -0.495 e. The summed E-state index contributed by atoms with van der Waals surface area (Å²) in [7, 11) is -2.81. The predicted molar refractivity (Wildman–Crippen MR) is 67.0 cm³/mol. The monoisotopic (exact) mass is 304 g/mol. The molecule has 0 aromatic heterocycles. The Morgan fingerprint density at radius 1 is 1.30 bits per heavy atom. The van der Waals surface area contributed by atoms with Crippen LogP contribution in [0.5, 0.6) is 5.75 Å². The fraction of sp³-hybridized carbons (Fsp3) is 0.333. The number of carbonyl (C=O) groups excluding carboxylic acids is 2. The van der Waals surface area contributed by atoms with Crippen LogP contribution in [-0.4, -0.2) is 40.1 Å². The van der Waals surface area contributed by atoms with Crippen molar-refractivity contribution in [1.82, 2.24) is 0 Å². The van der Waals surface area contributed by atoms with Crippen molar-refractivity contribution in [3.8, 4) is 5.75 Å². The average Bonchev–Trinajstić information content (AvgIpc) is 2.36. The van der Waals surface area contributed by atoms with E-state index in [2.05, 4.69) is 4.74 Å². The highest BCUT2D eigenvalue weighted by molar-refractivity contribution is 7.90. The summed E-state index contributed by atoms with van der Waals surface area (Å²) in [6, 6.07) is 2.08. The molecule has 0 spiro atoms. The number of carbonyl (C=O) groups is 2. The molecule has 1 aromatic carbocycles. The summed E-state index contributed by atoms with van der Waals surface area (Å²) in [4.78, 5) is 22.2. The third-order valence-electron chi connectivity index (χ3n) is 2.36. The second kappa shape index (κ2) is 6.00. The van der Waals surface area contributed by atoms with Gasteiger partial charge in [-0.25, -0.2) is 17.6 Å². The molecule has 8 heteroatoms. The summed E-state index contributed by atoms with van der Waals surface area (Å²) in [5, 5.41) is 0. The van der Waals surface area contributed by atoms with Crippen molar-refractivity contribution < 1.29 is 31.9 Å². The number of halogens is 1. The number of Topliss-reactive ketones (excluding diaryl/α,β-unsaturated/α-hetero) is 1. The highest BCUT2D eigenvalue weighted by atomic mass is 32.2. The Bertz CT molecular complexity index is 650. The van der Waals surface area contributed by atoms with Gasteiger partial charge in [0.2, 0.25) is 0 Å². The summed E-state index contributed by atoms with van der Waals surface area (Å²) in [5.41, 5.74) is -0.676. The van der Waals surface area contributed by atoms with E-state index < -0.39 is 37.9 Å². The van der Waals surface area contributed by atoms with Crippen molar-refractivity contribution in [3.63, 3.8) is 0 Å². The van der Waals surface area contributed by atoms with Gasteiger partial charge in [-0.05, 0) is 19.1 Å². The summed E-state index contributed by atoms with van der Waals surface area (Å²) in [6.45, 7) is 1.43. The lowest BCUT2D eigenvalue weighted by atomic mass is 10.1. The average molecular weight is 304 g/mol. The lowest BCUT2D eigenvalue weighted by Crippen LogP contribution is -2.20. The number of esters is 1. The quantitative estimate of drug-likeness (QED) is 0.458. The zero-order chi connectivity index (χ0) is 15.5. The zero-order valence-corrected chi connectivity index (χ0v) is 11.9. The molecule has 1 rings (SSSR count). The molecule has 0 N–H and O–H groups in total. The van der Waals surface area contributed by atoms with Crippen LogP contribution >= 0.6 is 0 Å². The van der Waals surface area contributed by atoms with E-state index in [1.807, 2.05) is 0 Å². The topological polar surface area (TPSA) is 86.7 Å². The second-order valence-electron chi connectivity index (χ2n) is 3.78. The Kier molecular flexibility index (Phi) is 4.83. The Morgan fingerprint density at radius 3 is 2.35 bits per heavy atom. The van der Waals surface area contributed by atoms with Crippen LogP contribution in [0.25, 0.3) is 0 Å². The SMILES string of the molecule is CCOC(=O)C(=O)c1ccc(OC)c(S(C)(=O)=O)c1F. The van der Waals surface area contributed by atoms with Crippen LogP contribution in [0.1, 0.15) is 17.3 Å². The smallest absolute Gasteiger partial charge is 0.379 e. The number of ether oxygens (including phenoxy) is 2. The van der Waals surface area contributed by atoms with Gasteiger partial charge in [0.1, 0.15) is 10.6 Å². The van der Waals surface area contributed by atoms with Gasteiger partial charge in [-0.3, -0.25) is 4.79 Å². The molecule has 0 atom stereocenters. The van der Waals surface area contributed by atoms with Crippen LogP contribution in [0, 0.1) is 5.82 Å². The minimum atomic E-state index is -3.97. The Labute approximate surface area is 115 Å². The van der Waals surface area contributed by atoms with Crippen molar-refractivity contribution in [1.29, 1.82) is 0 Å². The summed E-state index contributed by atoms with van der Waals surface area (Å²) < 4.78 is 46.5. The Hall–Kier alpha value is -1.96. The summed E-state index contributed by atoms with van der Waals surface area (Å²) in [6.07, 6.45) is 0.770. The van der Waals surface area contributed by atoms with E-state index in [4.69, 9.17) is 4.74 Å². The predicted octanol–water partition coefficient (Wildman–Crippen LogP) is 0.984. The third kappa shape index (κ3) is 3.13. The molecule has 20 heavy (non-hydrogen) atoms. The van der Waals surface area contributed by atoms with Crippen LogP contribution in [-0.2, 0) is 19.4 Å². The van der Waals surface area contributed by atoms with Gasteiger partial charge in [0.05, 0.1) is 19.3 Å². The number of hydrogen-bond donors (Lipinski definition) is 0. The lowest BCUT2D eigenvalue weighted by molar-refractivity contribution is -0.137. The molecule has 0 radical (unpaired) electrons. The molecule has 0 saturated carbocycles. The summed E-state index contributed by atoms with van der Waals surface area (Å²) in [5.74, 6) is -4.08. The van der Waals surface area contributed by atoms with E-state index in [0.717, 1.165) is 25.5 Å². The van der Waals surface area contributed by atoms with E-state index in [1.165, 1.54) is 6.92 Å². The first-order valence-corrected chi connectivity index (χ1v) is 7.41. The van der Waals surface area contributed by atoms with Crippen LogP contribution in [0.2, 0.25) is 0 Å². The number of ketones is 1. The number of benzene rings is 1. The van der Waals surface area contributed by atoms with Crippen LogP contribution in [0.3, 0.4) is 0 Å². The van der Waals surface area contributed by atoms with Gasteiger partial charge < -0.3 is 9.47 Å². The van der Waals surface area contributed by atoms with E-state index in [-0.39, 0.29) is 12.4 Å². The van der Waals surface area contributed by atoms with Gasteiger partial charge in [-0.2, -0.15) is 0 Å². The van der Waals surface area contributed by atoms with Crippen molar-refractivity contribution in [2.24, 2.45) is 0 Å². The first kappa shape index (κ1) is 16.1. The molecule has 0 heterocycles. The maximum absolute atomic E-state index is 14.2. The first-order chi connectivity index (χ1) is 9.23. The van der Waals surface area contributed by atoms with Gasteiger partial charge in [-0.15, -0.1) is 0 Å². The number of sulfone groups is 1. The van der Waals surface area contributed by atoms with Crippen LogP contribution in [0.15, 0.2) is 17.0 Å². The largest absolute Gasteiger partial charge is 0.495 e. The summed E-state index contributed by atoms with van der Waals surface area (Å²) >= 11 is 0. The highest BCUT2D eigenvalue weighted by Crippen LogP contribution is 2.29. The normalized spacial score (nSPS) is 11.0. The molecule has 0 aliphatic rings. The van der Waals surface area contributed by atoms with Crippen LogP contribution in [0.4, 0.5) is 4.39 Å². The molecule has 6 nitrogen and oxygen atoms in total. The van der Waals surface area contributed by atoms with Gasteiger partial charge in [0.25, 0.3) is 5.78 Å². The first-order valence-electron chi connectivity index (χ1n) is 5.52. The van der Waals surface area contributed by atoms with E-state index in [9.17, 15) is 22.4 Å². The molecular weight excluding hydrogens is 291 g/mol. The zero-order valence-electron chi connectivity index (χ0n) is 11.1. The molecule has 0 amide bonds. The van der Waals surface area contributed by atoms with Gasteiger partial charge in [-0.1, -0.05) is 0 Å². The molecule has 0 bridgehead atoms. The van der Waals surface area contributed by atoms with Gasteiger partial charge >= 0.3 is 5.97 Å². The Balaban J connectivity index is 3.46. The Morgan fingerprint density at radius 2 is 1.90 bits per heavy atom. The molecular formula is C12H13FO6S. The number of hydrogen-bond acceptors (Lipinski definition) is 6. The molecule has 0 unspecified atom stereocenters. The molecule has 0 aliphatic carbocycles. The van der Waals surface area contributed by atoms with Gasteiger partial charge in [0.15, 0.2) is 15.7 Å². The van der Waals surface area contributed by atoms with E-state index >= 15 is 0 Å². The molecule has 110 valence electrons. The molecule has 0 saturated heterocycles. The van der Waals surface area contributed by atoms with Crippen molar-refractivity contribution in [3.05, 3.63) is 23.5 Å². The lowest BCUT2D eigenvalue weighted by Gasteiger charge is -2.10. The minimum absolute atomic E-state index is 0.0543. The standard InChI is InChI=1S/C12H13FO6S/c1-4-19-12(15)10(14)7-5-6-8(18-2)11(9(7)13)20(3,16)17/h5-6H,4H2,1-3H3. The third-order valence-corrected chi connectivity index (χ3v) is 3.48. The van der Waals surface area contributed by atoms with E-state index in [1.54, 1.807) is 0 Å². The number of methoxy groups -OCH3 is 1.